The maximum atomic E-state index is 8.14. The van der Waals surface area contributed by atoms with Crippen LogP contribution in [0.3, 0.4) is 0 Å². The smallest absolute Gasteiger partial charge is 0 e. The minimum Gasteiger partial charge on any atom is 0 e. The summed E-state index contributed by atoms with van der Waals surface area (Å²) in [4.78, 5) is 0. The summed E-state index contributed by atoms with van der Waals surface area (Å²) in [6.45, 7) is 0. The van der Waals surface area contributed by atoms with Crippen LogP contribution in [0.4, 0.5) is 0 Å². The Morgan fingerprint density at radius 2 is 1.25 bits per heavy atom. The third-order valence-corrected chi connectivity index (χ3v) is 0. The molecular formula is OPtRhTi. The fourth-order valence-corrected chi connectivity index (χ4v) is 0. The molecule has 0 unspecified atom stereocenters. The minimum absolute atomic E-state index is 0. The first-order valence-electron chi connectivity index (χ1n) is 0.136. The fraction of sp³-hybridized carbons (Fsp3) is 0. The third-order valence-electron chi connectivity index (χ3n) is 0. The first-order valence-corrected chi connectivity index (χ1v) is 0.805. The summed E-state index contributed by atoms with van der Waals surface area (Å²) < 4.78 is 8.14. The quantitative estimate of drug-likeness (QED) is 0.550. The van der Waals surface area contributed by atoms with Crippen LogP contribution in [0.5, 0.6) is 0 Å². The maximum absolute atomic E-state index is 8.14. The van der Waals surface area contributed by atoms with Crippen molar-refractivity contribution in [3.05, 3.63) is 0 Å². The molecule has 0 aliphatic carbocycles. The second kappa shape index (κ2) is 21.2. The Bertz CT molecular complexity index is 8.00. The van der Waals surface area contributed by atoms with E-state index in [0.29, 0.717) is 0 Å². The topological polar surface area (TPSA) is 17.1 Å². The largest absolute Gasteiger partial charge is 0 e. The van der Waals surface area contributed by atoms with Crippen LogP contribution in [-0.4, -0.2) is 0 Å². The summed E-state index contributed by atoms with van der Waals surface area (Å²) in [6.07, 6.45) is 0. The van der Waals surface area contributed by atoms with Gasteiger partial charge in [0.2, 0.25) is 0 Å². The van der Waals surface area contributed by atoms with Gasteiger partial charge in [-0.1, -0.05) is 0 Å². The zero-order chi connectivity index (χ0) is 2.00. The van der Waals surface area contributed by atoms with Gasteiger partial charge in [-0.05, 0) is 0 Å². The van der Waals surface area contributed by atoms with Crippen molar-refractivity contribution in [2.75, 3.05) is 0 Å². The average Bonchev–Trinajstić information content (AvgIpc) is 1.00. The third kappa shape index (κ3) is 9.16. The van der Waals surface area contributed by atoms with Crippen molar-refractivity contribution in [2.24, 2.45) is 0 Å². The second-order valence-electron chi connectivity index (χ2n) is 0. The first-order chi connectivity index (χ1) is 1.00. The van der Waals surface area contributed by atoms with E-state index in [1.807, 2.05) is 0 Å². The van der Waals surface area contributed by atoms with E-state index in [1.165, 1.54) is 18.3 Å². The molecule has 0 radical (unpaired) electrons. The van der Waals surface area contributed by atoms with Crippen LogP contribution >= 0.6 is 0 Å². The molecule has 1 nitrogen and oxygen atoms in total. The first kappa shape index (κ1) is 17.0. The second-order valence-corrected chi connectivity index (χ2v) is 0. The molecule has 0 aliphatic rings. The summed E-state index contributed by atoms with van der Waals surface area (Å²) in [5.74, 6) is 0. The summed E-state index contributed by atoms with van der Waals surface area (Å²) in [7, 11) is 0. The Balaban J connectivity index is -0.00000000500. The fourth-order valence-electron chi connectivity index (χ4n) is 0. The molecule has 0 bridgehead atoms. The molecule has 0 N–H and O–H groups in total. The molecule has 0 aromatic heterocycles. The molecule has 0 aromatic rings. The van der Waals surface area contributed by atoms with E-state index in [-0.39, 0.29) is 42.8 Å². The van der Waals surface area contributed by atoms with Gasteiger partial charge in [0.1, 0.15) is 0 Å². The molecule has 0 spiro atoms. The molecule has 0 saturated heterocycles. The zero-order valence-corrected chi connectivity index (χ0v) is 7.03. The van der Waals surface area contributed by atoms with E-state index >= 15 is 0 Å². The standard InChI is InChI=1S/O.Pt.Rh.Ti. The van der Waals surface area contributed by atoms with Crippen molar-refractivity contribution < 1.29 is 64.6 Å². The molecule has 29 valence electrons. The van der Waals surface area contributed by atoms with Crippen LogP contribution in [0, 0.1) is 0 Å². The molecule has 0 aliphatic heterocycles. The Morgan fingerprint density at radius 3 is 1.25 bits per heavy atom. The van der Waals surface area contributed by atoms with Crippen LogP contribution in [0.1, 0.15) is 0 Å². The number of hydrogen-bond acceptors (Lipinski definition) is 1. The average molecular weight is 362 g/mol. The molecular weight excluding hydrogens is 362 g/mol. The van der Waals surface area contributed by atoms with Gasteiger partial charge in [-0.3, -0.25) is 0 Å². The Hall–Kier alpha value is 1.83. The van der Waals surface area contributed by atoms with Crippen LogP contribution in [-0.2, 0) is 64.6 Å². The molecule has 4 heteroatoms. The van der Waals surface area contributed by atoms with Crippen LogP contribution < -0.4 is 0 Å². The van der Waals surface area contributed by atoms with Gasteiger partial charge in [-0.25, -0.2) is 0 Å². The summed E-state index contributed by atoms with van der Waals surface area (Å²) in [5.41, 5.74) is 0. The van der Waals surface area contributed by atoms with E-state index in [9.17, 15) is 0 Å². The molecule has 0 atom stereocenters. The van der Waals surface area contributed by atoms with Gasteiger partial charge in [-0.15, -0.1) is 0 Å². The maximum Gasteiger partial charge on any atom is 0 e. The van der Waals surface area contributed by atoms with Crippen molar-refractivity contribution in [1.29, 1.82) is 0 Å². The predicted octanol–water partition coefficient (Wildman–Crippen LogP) is -0.126. The molecule has 4 heavy (non-hydrogen) atoms. The Labute approximate surface area is 64.0 Å². The van der Waals surface area contributed by atoms with Crippen molar-refractivity contribution in [3.63, 3.8) is 0 Å². The van der Waals surface area contributed by atoms with Gasteiger partial charge < -0.3 is 0 Å². The Morgan fingerprint density at radius 1 is 1.25 bits per heavy atom. The molecule has 0 rings (SSSR count). The van der Waals surface area contributed by atoms with E-state index in [4.69, 9.17) is 3.57 Å². The molecule has 0 fully saturated rings. The van der Waals surface area contributed by atoms with Crippen molar-refractivity contribution in [2.45, 2.75) is 0 Å². The minimum atomic E-state index is 0. The van der Waals surface area contributed by atoms with Gasteiger partial charge >= 0.3 is 21.8 Å². The normalized spacial score (nSPS) is 1.25. The van der Waals surface area contributed by atoms with E-state index in [2.05, 4.69) is 0 Å². The monoisotopic (exact) mass is 362 g/mol. The van der Waals surface area contributed by atoms with Crippen LogP contribution in [0.2, 0.25) is 0 Å². The number of rotatable bonds is 0. The van der Waals surface area contributed by atoms with Crippen LogP contribution in [0.25, 0.3) is 0 Å². The number of hydrogen-bond donors (Lipinski definition) is 0. The Kier molecular flexibility index (Phi) is 90.0. The van der Waals surface area contributed by atoms with Gasteiger partial charge in [0.15, 0.2) is 0 Å². The van der Waals surface area contributed by atoms with Gasteiger partial charge in [-0.2, -0.15) is 0 Å². The molecule has 0 saturated carbocycles. The summed E-state index contributed by atoms with van der Waals surface area (Å²) >= 11 is 1.30. The van der Waals surface area contributed by atoms with Crippen molar-refractivity contribution in [3.8, 4) is 0 Å². The molecule has 0 amide bonds. The van der Waals surface area contributed by atoms with Crippen molar-refractivity contribution >= 4 is 0 Å². The molecule has 0 heterocycles. The zero-order valence-electron chi connectivity index (χ0n) is 1.56. The van der Waals surface area contributed by atoms with E-state index < -0.39 is 0 Å². The van der Waals surface area contributed by atoms with Crippen LogP contribution in [0.15, 0.2) is 0 Å². The summed E-state index contributed by atoms with van der Waals surface area (Å²) in [5, 5.41) is 0. The predicted molar refractivity (Wildman–Crippen MR) is 0.686 cm³/mol. The van der Waals surface area contributed by atoms with Gasteiger partial charge in [0.05, 0.1) is 0 Å². The van der Waals surface area contributed by atoms with Gasteiger partial charge in [0.25, 0.3) is 0 Å². The molecule has 0 aromatic carbocycles. The van der Waals surface area contributed by atoms with E-state index in [0.717, 1.165) is 0 Å². The SMILES string of the molecule is [O]=[Rh].[Pt].[Ti]. The van der Waals surface area contributed by atoms with Crippen molar-refractivity contribution in [1.82, 2.24) is 0 Å². The van der Waals surface area contributed by atoms with E-state index in [1.54, 1.807) is 0 Å². The van der Waals surface area contributed by atoms with Gasteiger partial charge in [0, 0.05) is 42.8 Å². The summed E-state index contributed by atoms with van der Waals surface area (Å²) in [6, 6.07) is 0.